The summed E-state index contributed by atoms with van der Waals surface area (Å²) in [6.45, 7) is 0. The van der Waals surface area contributed by atoms with Crippen molar-refractivity contribution in [1.82, 2.24) is 4.98 Å². The van der Waals surface area contributed by atoms with Crippen molar-refractivity contribution in [3.63, 3.8) is 0 Å². The van der Waals surface area contributed by atoms with Gasteiger partial charge in [-0.3, -0.25) is 0 Å². The molecule has 0 atom stereocenters. The number of hydrogen-bond donors (Lipinski definition) is 1. The molecule has 15 heavy (non-hydrogen) atoms. The molecule has 0 radical (unpaired) electrons. The number of benzene rings is 1. The smallest absolute Gasteiger partial charge is 0.235 e. The van der Waals surface area contributed by atoms with E-state index in [1.807, 2.05) is 24.4 Å². The van der Waals surface area contributed by atoms with Crippen LogP contribution in [0, 0.1) is 0 Å². The molecule has 0 unspecified atom stereocenters. The highest BCUT2D eigenvalue weighted by Crippen LogP contribution is 2.50. The number of rotatable bonds is 2. The van der Waals surface area contributed by atoms with Gasteiger partial charge in [0.2, 0.25) is 6.08 Å². The van der Waals surface area contributed by atoms with Gasteiger partial charge in [0.25, 0.3) is 0 Å². The summed E-state index contributed by atoms with van der Waals surface area (Å²) in [4.78, 5) is 17.6. The zero-order valence-electron chi connectivity index (χ0n) is 8.16. The van der Waals surface area contributed by atoms with Crippen LogP contribution in [0.2, 0.25) is 0 Å². The monoisotopic (exact) mass is 198 g/mol. The molecule has 3 nitrogen and oxygen atoms in total. The molecule has 1 saturated carbocycles. The number of nitrogens with zero attached hydrogens (tertiary/aromatic N) is 1. The molecule has 1 aromatic carbocycles. The van der Waals surface area contributed by atoms with E-state index in [2.05, 4.69) is 16.0 Å². The molecule has 1 heterocycles. The van der Waals surface area contributed by atoms with Crippen molar-refractivity contribution in [2.24, 2.45) is 4.99 Å². The zero-order valence-corrected chi connectivity index (χ0v) is 8.16. The molecule has 0 aliphatic heterocycles. The number of hydrogen-bond acceptors (Lipinski definition) is 2. The molecule has 3 heteroatoms. The second-order valence-corrected chi connectivity index (χ2v) is 3.98. The molecule has 1 aliphatic rings. The molecule has 1 fully saturated rings. The lowest BCUT2D eigenvalue weighted by atomic mass is 10.0. The van der Waals surface area contributed by atoms with Crippen LogP contribution in [0.5, 0.6) is 0 Å². The van der Waals surface area contributed by atoms with Crippen LogP contribution in [0.25, 0.3) is 10.9 Å². The maximum Gasteiger partial charge on any atom is 0.235 e. The van der Waals surface area contributed by atoms with E-state index in [1.54, 1.807) is 6.08 Å². The summed E-state index contributed by atoms with van der Waals surface area (Å²) in [6, 6.07) is 8.12. The van der Waals surface area contributed by atoms with Crippen LogP contribution in [0.1, 0.15) is 18.4 Å². The first-order chi connectivity index (χ1) is 7.36. The summed E-state index contributed by atoms with van der Waals surface area (Å²) in [6.07, 6.45) is 5.49. The molecule has 0 bridgehead atoms. The summed E-state index contributed by atoms with van der Waals surface area (Å²) < 4.78 is 0. The minimum atomic E-state index is -0.286. The largest absolute Gasteiger partial charge is 0.361 e. The Morgan fingerprint density at radius 2 is 2.20 bits per heavy atom. The molecule has 1 aromatic heterocycles. The summed E-state index contributed by atoms with van der Waals surface area (Å²) in [7, 11) is 0. The molecule has 3 rings (SSSR count). The molecule has 2 aromatic rings. The number of carbonyl (C=O) groups excluding carboxylic acids is 1. The van der Waals surface area contributed by atoms with Crippen LogP contribution in [-0.4, -0.2) is 11.1 Å². The van der Waals surface area contributed by atoms with Crippen LogP contribution in [0.15, 0.2) is 35.5 Å². The Morgan fingerprint density at radius 3 is 2.93 bits per heavy atom. The predicted molar refractivity (Wildman–Crippen MR) is 57.3 cm³/mol. The lowest BCUT2D eigenvalue weighted by Crippen LogP contribution is -2.02. The van der Waals surface area contributed by atoms with Crippen molar-refractivity contribution in [3.05, 3.63) is 36.0 Å². The highest BCUT2D eigenvalue weighted by Gasteiger charge is 2.45. The average Bonchev–Trinajstić information content (AvgIpc) is 2.88. The van der Waals surface area contributed by atoms with Gasteiger partial charge in [-0.1, -0.05) is 18.2 Å². The van der Waals surface area contributed by atoms with Crippen molar-refractivity contribution in [2.45, 2.75) is 18.4 Å². The lowest BCUT2D eigenvalue weighted by Gasteiger charge is -2.09. The van der Waals surface area contributed by atoms with Gasteiger partial charge in [0, 0.05) is 11.8 Å². The third-order valence-electron chi connectivity index (χ3n) is 3.07. The second kappa shape index (κ2) is 2.81. The van der Waals surface area contributed by atoms with E-state index in [4.69, 9.17) is 0 Å². The molecule has 0 amide bonds. The summed E-state index contributed by atoms with van der Waals surface area (Å²) >= 11 is 0. The first-order valence-corrected chi connectivity index (χ1v) is 5.01. The predicted octanol–water partition coefficient (Wildman–Crippen LogP) is 2.49. The quantitative estimate of drug-likeness (QED) is 0.584. The Hall–Kier alpha value is -1.86. The molecule has 0 spiro atoms. The van der Waals surface area contributed by atoms with Crippen LogP contribution >= 0.6 is 0 Å². The molecule has 0 saturated heterocycles. The molecule has 74 valence electrons. The van der Waals surface area contributed by atoms with Crippen LogP contribution in [0.4, 0.5) is 0 Å². The van der Waals surface area contributed by atoms with Crippen molar-refractivity contribution >= 4 is 17.0 Å². The minimum Gasteiger partial charge on any atom is -0.361 e. The van der Waals surface area contributed by atoms with Crippen molar-refractivity contribution in [1.29, 1.82) is 0 Å². The summed E-state index contributed by atoms with van der Waals surface area (Å²) in [5.74, 6) is 0. The second-order valence-electron chi connectivity index (χ2n) is 3.98. The topological polar surface area (TPSA) is 45.2 Å². The van der Waals surface area contributed by atoms with E-state index >= 15 is 0 Å². The van der Waals surface area contributed by atoms with Crippen molar-refractivity contribution in [3.8, 4) is 0 Å². The number of H-pyrrole nitrogens is 1. The van der Waals surface area contributed by atoms with Gasteiger partial charge in [-0.05, 0) is 24.3 Å². The van der Waals surface area contributed by atoms with Gasteiger partial charge in [-0.2, -0.15) is 4.99 Å². The number of para-hydroxylation sites is 1. The Labute approximate surface area is 86.8 Å². The van der Waals surface area contributed by atoms with Crippen molar-refractivity contribution in [2.75, 3.05) is 0 Å². The fraction of sp³-hybridized carbons (Fsp3) is 0.250. The normalized spacial score (nSPS) is 17.3. The van der Waals surface area contributed by atoms with Gasteiger partial charge in [0.1, 0.15) is 5.54 Å². The molecular weight excluding hydrogens is 188 g/mol. The Kier molecular flexibility index (Phi) is 1.58. The first kappa shape index (κ1) is 8.45. The Morgan fingerprint density at radius 1 is 1.33 bits per heavy atom. The van der Waals surface area contributed by atoms with Crippen molar-refractivity contribution < 1.29 is 4.79 Å². The number of aliphatic imine (C=N–C) groups is 1. The summed E-state index contributed by atoms with van der Waals surface area (Å²) in [5.41, 5.74) is 1.92. The van der Waals surface area contributed by atoms with E-state index in [0.717, 1.165) is 23.9 Å². The lowest BCUT2D eigenvalue weighted by molar-refractivity contribution is 0.556. The number of fused-ring (bicyclic) bond motifs is 1. The van der Waals surface area contributed by atoms with E-state index < -0.39 is 0 Å². The number of aromatic amines is 1. The van der Waals surface area contributed by atoms with Gasteiger partial charge < -0.3 is 4.98 Å². The zero-order chi connectivity index (χ0) is 10.3. The highest BCUT2D eigenvalue weighted by molar-refractivity contribution is 5.84. The third kappa shape index (κ3) is 1.14. The number of aromatic nitrogens is 1. The summed E-state index contributed by atoms with van der Waals surface area (Å²) in [5, 5.41) is 1.17. The SMILES string of the molecule is O=C=NC1(c2cccc3cc[nH]c23)CC1. The van der Waals surface area contributed by atoms with E-state index in [-0.39, 0.29) is 5.54 Å². The van der Waals surface area contributed by atoms with E-state index in [0.29, 0.717) is 0 Å². The molecule has 1 N–H and O–H groups in total. The standard InChI is InChI=1S/C12H10N2O/c15-8-14-12(5-6-12)10-3-1-2-9-4-7-13-11(9)10/h1-4,7,13H,5-6H2. The maximum atomic E-state index is 10.4. The Balaban J connectivity index is 2.26. The van der Waals surface area contributed by atoms with Crippen LogP contribution in [-0.2, 0) is 10.3 Å². The van der Waals surface area contributed by atoms with Gasteiger partial charge in [-0.15, -0.1) is 0 Å². The van der Waals surface area contributed by atoms with E-state index in [9.17, 15) is 4.79 Å². The van der Waals surface area contributed by atoms with Crippen LogP contribution in [0.3, 0.4) is 0 Å². The highest BCUT2D eigenvalue weighted by atomic mass is 16.1. The molecular formula is C12H10N2O. The first-order valence-electron chi connectivity index (χ1n) is 5.01. The molecule has 1 aliphatic carbocycles. The fourth-order valence-corrected chi connectivity index (χ4v) is 2.12. The fourth-order valence-electron chi connectivity index (χ4n) is 2.12. The van der Waals surface area contributed by atoms with Gasteiger partial charge in [0.15, 0.2) is 0 Å². The average molecular weight is 198 g/mol. The van der Waals surface area contributed by atoms with Gasteiger partial charge in [0.05, 0.1) is 5.52 Å². The number of nitrogens with one attached hydrogen (secondary N) is 1. The minimum absolute atomic E-state index is 0.286. The number of isocyanates is 1. The van der Waals surface area contributed by atoms with Gasteiger partial charge >= 0.3 is 0 Å². The van der Waals surface area contributed by atoms with E-state index in [1.165, 1.54) is 5.39 Å². The van der Waals surface area contributed by atoms with Gasteiger partial charge in [-0.25, -0.2) is 4.79 Å². The third-order valence-corrected chi connectivity index (χ3v) is 3.07. The maximum absolute atomic E-state index is 10.4. The van der Waals surface area contributed by atoms with Crippen LogP contribution < -0.4 is 0 Å². The Bertz CT molecular complexity index is 560.